The predicted molar refractivity (Wildman–Crippen MR) is 62.6 cm³/mol. The molecule has 82 valence electrons. The summed E-state index contributed by atoms with van der Waals surface area (Å²) in [6.45, 7) is 1.87. The van der Waals surface area contributed by atoms with Crippen LogP contribution in [0.25, 0.3) is 11.1 Å². The van der Waals surface area contributed by atoms with Crippen LogP contribution in [0.1, 0.15) is 5.56 Å². The fraction of sp³-hybridized carbons (Fsp3) is 0.154. The van der Waals surface area contributed by atoms with Crippen molar-refractivity contribution in [2.45, 2.75) is 6.92 Å². The highest BCUT2D eigenvalue weighted by molar-refractivity contribution is 5.66. The lowest BCUT2D eigenvalue weighted by Crippen LogP contribution is -1.87. The fourth-order valence-electron chi connectivity index (χ4n) is 1.54. The number of aryl methyl sites for hydroxylation is 1. The van der Waals surface area contributed by atoms with Gasteiger partial charge in [0.05, 0.1) is 7.11 Å². The Morgan fingerprint density at radius 3 is 2.56 bits per heavy atom. The lowest BCUT2D eigenvalue weighted by atomic mass is 10.0. The Labute approximate surface area is 94.3 Å². The summed E-state index contributed by atoms with van der Waals surface area (Å²) in [6.07, 6.45) is 1.70. The minimum Gasteiger partial charge on any atom is -0.508 e. The second-order valence-electron chi connectivity index (χ2n) is 3.59. The maximum Gasteiger partial charge on any atom is 0.213 e. The molecule has 0 radical (unpaired) electrons. The Bertz CT molecular complexity index is 509. The van der Waals surface area contributed by atoms with E-state index in [1.54, 1.807) is 19.4 Å². The van der Waals surface area contributed by atoms with E-state index in [1.165, 1.54) is 0 Å². The van der Waals surface area contributed by atoms with Gasteiger partial charge in [0.1, 0.15) is 5.75 Å². The van der Waals surface area contributed by atoms with Gasteiger partial charge in [-0.15, -0.1) is 0 Å². The van der Waals surface area contributed by atoms with Gasteiger partial charge in [0.25, 0.3) is 0 Å². The Morgan fingerprint density at radius 2 is 1.88 bits per heavy atom. The van der Waals surface area contributed by atoms with Crippen LogP contribution in [0, 0.1) is 6.92 Å². The van der Waals surface area contributed by atoms with E-state index in [0.717, 1.165) is 16.7 Å². The van der Waals surface area contributed by atoms with Crippen LogP contribution >= 0.6 is 0 Å². The van der Waals surface area contributed by atoms with Crippen LogP contribution in [0.5, 0.6) is 11.6 Å². The SMILES string of the molecule is COc1cc(-c2ccc(O)c(C)c2)ccn1. The molecule has 16 heavy (non-hydrogen) atoms. The second kappa shape index (κ2) is 4.23. The van der Waals surface area contributed by atoms with E-state index in [4.69, 9.17) is 4.74 Å². The highest BCUT2D eigenvalue weighted by Crippen LogP contribution is 2.26. The lowest BCUT2D eigenvalue weighted by molar-refractivity contribution is 0.398. The minimum atomic E-state index is 0.310. The van der Waals surface area contributed by atoms with Gasteiger partial charge >= 0.3 is 0 Å². The highest BCUT2D eigenvalue weighted by Gasteiger charge is 2.02. The zero-order valence-electron chi connectivity index (χ0n) is 9.27. The molecular weight excluding hydrogens is 202 g/mol. The fourth-order valence-corrected chi connectivity index (χ4v) is 1.54. The molecule has 3 nitrogen and oxygen atoms in total. The molecule has 1 N–H and O–H groups in total. The summed E-state index contributed by atoms with van der Waals surface area (Å²) < 4.78 is 5.07. The first-order chi connectivity index (χ1) is 7.70. The molecule has 1 heterocycles. The minimum absolute atomic E-state index is 0.310. The third-order valence-electron chi connectivity index (χ3n) is 2.47. The van der Waals surface area contributed by atoms with Gasteiger partial charge in [-0.3, -0.25) is 0 Å². The van der Waals surface area contributed by atoms with E-state index < -0.39 is 0 Å². The van der Waals surface area contributed by atoms with Crippen LogP contribution in [0.4, 0.5) is 0 Å². The van der Waals surface area contributed by atoms with E-state index in [1.807, 2.05) is 31.2 Å². The molecule has 0 aliphatic heterocycles. The summed E-state index contributed by atoms with van der Waals surface area (Å²) in [5.74, 6) is 0.896. The summed E-state index contributed by atoms with van der Waals surface area (Å²) in [4.78, 5) is 4.05. The highest BCUT2D eigenvalue weighted by atomic mass is 16.5. The maximum atomic E-state index is 9.45. The number of hydrogen-bond acceptors (Lipinski definition) is 3. The quantitative estimate of drug-likeness (QED) is 0.837. The predicted octanol–water partition coefficient (Wildman–Crippen LogP) is 2.77. The van der Waals surface area contributed by atoms with E-state index in [2.05, 4.69) is 4.98 Å². The molecular formula is C13H13NO2. The smallest absolute Gasteiger partial charge is 0.213 e. The molecule has 0 spiro atoms. The zero-order valence-corrected chi connectivity index (χ0v) is 9.27. The molecule has 0 saturated heterocycles. The molecule has 3 heteroatoms. The first-order valence-corrected chi connectivity index (χ1v) is 5.01. The van der Waals surface area contributed by atoms with E-state index in [-0.39, 0.29) is 0 Å². The average Bonchev–Trinajstić information content (AvgIpc) is 2.33. The maximum absolute atomic E-state index is 9.45. The second-order valence-corrected chi connectivity index (χ2v) is 3.59. The summed E-state index contributed by atoms with van der Waals surface area (Å²) >= 11 is 0. The Hall–Kier alpha value is -2.03. The number of aromatic nitrogens is 1. The van der Waals surface area contributed by atoms with Gasteiger partial charge in [-0.05, 0) is 41.8 Å². The molecule has 0 amide bonds. The number of ether oxygens (including phenoxy) is 1. The molecule has 0 atom stereocenters. The Balaban J connectivity index is 2.46. The van der Waals surface area contributed by atoms with Crippen molar-refractivity contribution in [3.05, 3.63) is 42.1 Å². The monoisotopic (exact) mass is 215 g/mol. The van der Waals surface area contributed by atoms with Crippen molar-refractivity contribution < 1.29 is 9.84 Å². The van der Waals surface area contributed by atoms with Crippen molar-refractivity contribution in [2.75, 3.05) is 7.11 Å². The third kappa shape index (κ3) is 1.98. The molecule has 0 fully saturated rings. The first-order valence-electron chi connectivity index (χ1n) is 5.01. The van der Waals surface area contributed by atoms with Crippen LogP contribution in [-0.2, 0) is 0 Å². The number of phenolic OH excluding ortho intramolecular Hbond substituents is 1. The van der Waals surface area contributed by atoms with Gasteiger partial charge in [-0.2, -0.15) is 0 Å². The molecule has 0 aliphatic carbocycles. The van der Waals surface area contributed by atoms with Gasteiger partial charge in [0.2, 0.25) is 5.88 Å². The number of hydrogen-bond donors (Lipinski definition) is 1. The van der Waals surface area contributed by atoms with Crippen molar-refractivity contribution in [2.24, 2.45) is 0 Å². The lowest BCUT2D eigenvalue weighted by Gasteiger charge is -2.05. The molecule has 0 saturated carbocycles. The Kier molecular flexibility index (Phi) is 2.77. The zero-order chi connectivity index (χ0) is 11.5. The van der Waals surface area contributed by atoms with Gasteiger partial charge < -0.3 is 9.84 Å². The molecule has 1 aromatic carbocycles. The number of rotatable bonds is 2. The summed E-state index contributed by atoms with van der Waals surface area (Å²) in [5, 5.41) is 9.45. The first kappa shape index (κ1) is 10.5. The molecule has 2 rings (SSSR count). The van der Waals surface area contributed by atoms with Crippen LogP contribution in [0.15, 0.2) is 36.5 Å². The van der Waals surface area contributed by atoms with Crippen molar-refractivity contribution in [1.29, 1.82) is 0 Å². The van der Waals surface area contributed by atoms with Crippen molar-refractivity contribution in [3.63, 3.8) is 0 Å². The van der Waals surface area contributed by atoms with Crippen LogP contribution in [0.2, 0.25) is 0 Å². The summed E-state index contributed by atoms with van der Waals surface area (Å²) in [5.41, 5.74) is 2.92. The number of aromatic hydroxyl groups is 1. The number of phenols is 1. The third-order valence-corrected chi connectivity index (χ3v) is 2.47. The average molecular weight is 215 g/mol. The molecule has 1 aromatic heterocycles. The number of nitrogens with zero attached hydrogens (tertiary/aromatic N) is 1. The van der Waals surface area contributed by atoms with Crippen LogP contribution < -0.4 is 4.74 Å². The Morgan fingerprint density at radius 1 is 1.12 bits per heavy atom. The summed E-state index contributed by atoms with van der Waals surface area (Å²) in [7, 11) is 1.59. The van der Waals surface area contributed by atoms with E-state index in [9.17, 15) is 5.11 Å². The van der Waals surface area contributed by atoms with Gasteiger partial charge in [-0.1, -0.05) is 6.07 Å². The van der Waals surface area contributed by atoms with Crippen molar-refractivity contribution in [3.8, 4) is 22.8 Å². The van der Waals surface area contributed by atoms with Gasteiger partial charge in [-0.25, -0.2) is 4.98 Å². The van der Waals surface area contributed by atoms with Gasteiger partial charge in [0.15, 0.2) is 0 Å². The van der Waals surface area contributed by atoms with E-state index in [0.29, 0.717) is 11.6 Å². The van der Waals surface area contributed by atoms with Crippen molar-refractivity contribution in [1.82, 2.24) is 4.98 Å². The molecule has 2 aromatic rings. The van der Waals surface area contributed by atoms with Crippen LogP contribution in [0.3, 0.4) is 0 Å². The van der Waals surface area contributed by atoms with Crippen LogP contribution in [-0.4, -0.2) is 17.2 Å². The van der Waals surface area contributed by atoms with E-state index >= 15 is 0 Å². The van der Waals surface area contributed by atoms with Crippen molar-refractivity contribution >= 4 is 0 Å². The summed E-state index contributed by atoms with van der Waals surface area (Å²) in [6, 6.07) is 9.28. The number of pyridine rings is 1. The number of methoxy groups -OCH3 is 1. The standard InChI is InChI=1S/C13H13NO2/c1-9-7-10(3-4-12(9)15)11-5-6-14-13(8-11)16-2/h3-8,15H,1-2H3. The molecule has 0 aliphatic rings. The number of benzene rings is 1. The topological polar surface area (TPSA) is 42.4 Å². The normalized spacial score (nSPS) is 10.1. The molecule has 0 bridgehead atoms. The largest absolute Gasteiger partial charge is 0.508 e. The molecule has 0 unspecified atom stereocenters. The van der Waals surface area contributed by atoms with Gasteiger partial charge in [0, 0.05) is 12.3 Å².